The number of methoxy groups -OCH3 is 1. The van der Waals surface area contributed by atoms with E-state index >= 15 is 0 Å². The van der Waals surface area contributed by atoms with Gasteiger partial charge in [-0.2, -0.15) is 0 Å². The van der Waals surface area contributed by atoms with Gasteiger partial charge in [-0.3, -0.25) is 4.79 Å². The van der Waals surface area contributed by atoms with E-state index in [1.807, 2.05) is 32.0 Å². The van der Waals surface area contributed by atoms with E-state index in [-0.39, 0.29) is 12.5 Å². The second-order valence-electron chi connectivity index (χ2n) is 5.18. The molecule has 0 bridgehead atoms. The molecule has 0 saturated heterocycles. The van der Waals surface area contributed by atoms with E-state index in [9.17, 15) is 9.59 Å². The largest absolute Gasteiger partial charge is 0.467 e. The Morgan fingerprint density at radius 1 is 1.20 bits per heavy atom. The Bertz CT molecular complexity index is 478. The van der Waals surface area contributed by atoms with Crippen molar-refractivity contribution in [2.45, 2.75) is 19.9 Å². The summed E-state index contributed by atoms with van der Waals surface area (Å²) in [5.74, 6) is -0.688. The second-order valence-corrected chi connectivity index (χ2v) is 5.18. The molecule has 0 aliphatic rings. The standard InChI is InChI=1S/C15H22N2O3/c1-10-6-11(2)8-12(7-10)14(15(19)20-5)16-13(18)9-17(3)4/h6-8,14H,9H2,1-5H3,(H,16,18)/t14-/m0/s1. The lowest BCUT2D eigenvalue weighted by Gasteiger charge is -2.19. The number of nitrogens with one attached hydrogen (secondary N) is 1. The third-order valence-corrected chi connectivity index (χ3v) is 2.78. The normalized spacial score (nSPS) is 12.1. The number of rotatable bonds is 5. The van der Waals surface area contributed by atoms with Crippen LogP contribution in [0.3, 0.4) is 0 Å². The van der Waals surface area contributed by atoms with E-state index in [0.29, 0.717) is 0 Å². The monoisotopic (exact) mass is 278 g/mol. The Morgan fingerprint density at radius 2 is 1.75 bits per heavy atom. The minimum Gasteiger partial charge on any atom is -0.467 e. The molecule has 110 valence electrons. The highest BCUT2D eigenvalue weighted by Gasteiger charge is 2.24. The number of hydrogen-bond donors (Lipinski definition) is 1. The Kier molecular flexibility index (Phi) is 5.70. The van der Waals surface area contributed by atoms with Crippen molar-refractivity contribution in [1.82, 2.24) is 10.2 Å². The van der Waals surface area contributed by atoms with Gasteiger partial charge in [0, 0.05) is 0 Å². The summed E-state index contributed by atoms with van der Waals surface area (Å²) < 4.78 is 4.79. The van der Waals surface area contributed by atoms with Gasteiger partial charge in [-0.25, -0.2) is 4.79 Å². The van der Waals surface area contributed by atoms with Crippen LogP contribution in [0.2, 0.25) is 0 Å². The van der Waals surface area contributed by atoms with Gasteiger partial charge in [-0.05, 0) is 33.5 Å². The fraction of sp³-hybridized carbons (Fsp3) is 0.467. The molecule has 1 atom stereocenters. The summed E-state index contributed by atoms with van der Waals surface area (Å²) in [5.41, 5.74) is 2.81. The number of nitrogens with zero attached hydrogens (tertiary/aromatic N) is 1. The molecule has 1 aromatic rings. The first-order chi connectivity index (χ1) is 9.33. The molecule has 0 fully saturated rings. The molecule has 0 aliphatic heterocycles. The summed E-state index contributed by atoms with van der Waals surface area (Å²) in [7, 11) is 4.91. The summed E-state index contributed by atoms with van der Waals surface area (Å²) >= 11 is 0. The molecule has 1 N–H and O–H groups in total. The van der Waals surface area contributed by atoms with E-state index in [2.05, 4.69) is 5.32 Å². The van der Waals surface area contributed by atoms with Crippen LogP contribution in [-0.2, 0) is 14.3 Å². The predicted octanol–water partition coefficient (Wildman–Crippen LogP) is 1.20. The molecule has 0 spiro atoms. The SMILES string of the molecule is COC(=O)[C@@H](NC(=O)CN(C)C)c1cc(C)cc(C)c1. The van der Waals surface area contributed by atoms with Crippen LogP contribution in [0.1, 0.15) is 22.7 Å². The lowest BCUT2D eigenvalue weighted by molar-refractivity contribution is -0.145. The zero-order valence-electron chi connectivity index (χ0n) is 12.7. The van der Waals surface area contributed by atoms with Crippen molar-refractivity contribution >= 4 is 11.9 Å². The highest BCUT2D eigenvalue weighted by atomic mass is 16.5. The van der Waals surface area contributed by atoms with Crippen LogP contribution in [0.5, 0.6) is 0 Å². The van der Waals surface area contributed by atoms with Gasteiger partial charge >= 0.3 is 5.97 Å². The molecule has 0 aliphatic carbocycles. The van der Waals surface area contributed by atoms with E-state index < -0.39 is 12.0 Å². The summed E-state index contributed by atoms with van der Waals surface area (Å²) in [5, 5.41) is 2.71. The Morgan fingerprint density at radius 3 is 2.20 bits per heavy atom. The quantitative estimate of drug-likeness (QED) is 0.822. The maximum absolute atomic E-state index is 11.9. The fourth-order valence-corrected chi connectivity index (χ4v) is 2.07. The maximum Gasteiger partial charge on any atom is 0.333 e. The highest BCUT2D eigenvalue weighted by Crippen LogP contribution is 2.18. The molecule has 0 saturated carbocycles. The molecule has 1 aromatic carbocycles. The number of ether oxygens (including phenoxy) is 1. The molecule has 1 amide bonds. The van der Waals surface area contributed by atoms with Crippen molar-refractivity contribution in [3.63, 3.8) is 0 Å². The van der Waals surface area contributed by atoms with Crippen LogP contribution < -0.4 is 5.32 Å². The fourth-order valence-electron chi connectivity index (χ4n) is 2.07. The maximum atomic E-state index is 11.9. The van der Waals surface area contributed by atoms with Gasteiger partial charge in [-0.1, -0.05) is 29.3 Å². The van der Waals surface area contributed by atoms with Crippen LogP contribution in [0, 0.1) is 13.8 Å². The summed E-state index contributed by atoms with van der Waals surface area (Å²) in [6.45, 7) is 4.12. The number of hydrogen-bond acceptors (Lipinski definition) is 4. The third kappa shape index (κ3) is 4.66. The molecule has 20 heavy (non-hydrogen) atoms. The summed E-state index contributed by atoms with van der Waals surface area (Å²) in [6.07, 6.45) is 0. The molecular weight excluding hydrogens is 256 g/mol. The smallest absolute Gasteiger partial charge is 0.333 e. The minimum atomic E-state index is -0.772. The summed E-state index contributed by atoms with van der Waals surface area (Å²) in [4.78, 5) is 25.5. The molecular formula is C15H22N2O3. The van der Waals surface area contributed by atoms with Crippen LogP contribution in [0.4, 0.5) is 0 Å². The van der Waals surface area contributed by atoms with Crippen molar-refractivity contribution in [2.24, 2.45) is 0 Å². The van der Waals surface area contributed by atoms with Gasteiger partial charge in [0.25, 0.3) is 0 Å². The number of carbonyl (C=O) groups excluding carboxylic acids is 2. The lowest BCUT2D eigenvalue weighted by atomic mass is 10.0. The average Bonchev–Trinajstić information content (AvgIpc) is 2.32. The van der Waals surface area contributed by atoms with E-state index in [1.165, 1.54) is 7.11 Å². The van der Waals surface area contributed by atoms with Gasteiger partial charge in [-0.15, -0.1) is 0 Å². The second kappa shape index (κ2) is 7.05. The van der Waals surface area contributed by atoms with Crippen LogP contribution in [0.15, 0.2) is 18.2 Å². The van der Waals surface area contributed by atoms with E-state index in [0.717, 1.165) is 16.7 Å². The first kappa shape index (κ1) is 16.2. The van der Waals surface area contributed by atoms with Gasteiger partial charge < -0.3 is 15.0 Å². The van der Waals surface area contributed by atoms with Crippen molar-refractivity contribution in [3.05, 3.63) is 34.9 Å². The van der Waals surface area contributed by atoms with Crippen molar-refractivity contribution in [3.8, 4) is 0 Å². The Labute approximate surface area is 119 Å². The zero-order chi connectivity index (χ0) is 15.3. The number of amides is 1. The topological polar surface area (TPSA) is 58.6 Å². The molecule has 0 aromatic heterocycles. The molecule has 0 unspecified atom stereocenters. The van der Waals surface area contributed by atoms with Crippen molar-refractivity contribution in [1.29, 1.82) is 0 Å². The first-order valence-electron chi connectivity index (χ1n) is 6.43. The van der Waals surface area contributed by atoms with Crippen molar-refractivity contribution < 1.29 is 14.3 Å². The van der Waals surface area contributed by atoms with Crippen LogP contribution >= 0.6 is 0 Å². The molecule has 0 heterocycles. The highest BCUT2D eigenvalue weighted by molar-refractivity contribution is 5.86. The molecule has 5 nitrogen and oxygen atoms in total. The van der Waals surface area contributed by atoms with Gasteiger partial charge in [0.2, 0.25) is 5.91 Å². The van der Waals surface area contributed by atoms with E-state index in [4.69, 9.17) is 4.74 Å². The lowest BCUT2D eigenvalue weighted by Crippen LogP contribution is -2.39. The Hall–Kier alpha value is -1.88. The third-order valence-electron chi connectivity index (χ3n) is 2.78. The van der Waals surface area contributed by atoms with Gasteiger partial charge in [0.05, 0.1) is 13.7 Å². The van der Waals surface area contributed by atoms with E-state index in [1.54, 1.807) is 19.0 Å². The predicted molar refractivity (Wildman–Crippen MR) is 77.4 cm³/mol. The number of esters is 1. The number of carbonyl (C=O) groups is 2. The minimum absolute atomic E-state index is 0.218. The van der Waals surface area contributed by atoms with Gasteiger partial charge in [0.1, 0.15) is 0 Å². The summed E-state index contributed by atoms with van der Waals surface area (Å²) in [6, 6.07) is 5.00. The molecule has 0 radical (unpaired) electrons. The molecule has 5 heteroatoms. The van der Waals surface area contributed by atoms with Crippen LogP contribution in [0.25, 0.3) is 0 Å². The number of benzene rings is 1. The number of likely N-dealkylation sites (N-methyl/N-ethyl adjacent to an activating group) is 1. The van der Waals surface area contributed by atoms with Crippen molar-refractivity contribution in [2.75, 3.05) is 27.7 Å². The molecule has 1 rings (SSSR count). The van der Waals surface area contributed by atoms with Crippen LogP contribution in [-0.4, -0.2) is 44.5 Å². The average molecular weight is 278 g/mol. The zero-order valence-corrected chi connectivity index (χ0v) is 12.7. The first-order valence-corrected chi connectivity index (χ1v) is 6.43. The Balaban J connectivity index is 3.00. The number of aryl methyl sites for hydroxylation is 2. The van der Waals surface area contributed by atoms with Gasteiger partial charge in [0.15, 0.2) is 6.04 Å².